The van der Waals surface area contributed by atoms with Crippen molar-refractivity contribution in [3.8, 4) is 0 Å². The van der Waals surface area contributed by atoms with Crippen LogP contribution in [0.3, 0.4) is 0 Å². The zero-order chi connectivity index (χ0) is 50.3. The van der Waals surface area contributed by atoms with Crippen molar-refractivity contribution in [2.45, 2.75) is 160 Å². The van der Waals surface area contributed by atoms with Crippen molar-refractivity contribution < 1.29 is 52.9 Å². The molecule has 376 valence electrons. The van der Waals surface area contributed by atoms with E-state index < -0.39 is 71.4 Å². The van der Waals surface area contributed by atoms with Crippen LogP contribution in [0.1, 0.15) is 112 Å². The number of carboxylic acids is 1. The molecular formula is C49H78N6O11S. The molecule has 2 saturated heterocycles. The van der Waals surface area contributed by atoms with Crippen molar-refractivity contribution in [2.24, 2.45) is 23.7 Å². The van der Waals surface area contributed by atoms with Crippen LogP contribution in [0.5, 0.6) is 0 Å². The number of amides is 7. The highest BCUT2D eigenvalue weighted by atomic mass is 32.1. The van der Waals surface area contributed by atoms with Crippen molar-refractivity contribution in [2.75, 3.05) is 41.4 Å². The summed E-state index contributed by atoms with van der Waals surface area (Å²) in [7, 11) is 6.21. The number of carbonyl (C=O) groups excluding carboxylic acids is 7. The molecule has 0 aliphatic carbocycles. The second kappa shape index (κ2) is 26.9. The van der Waals surface area contributed by atoms with Gasteiger partial charge in [0.1, 0.15) is 18.1 Å². The largest absolute Gasteiger partial charge is 0.480 e. The molecule has 1 aromatic rings. The zero-order valence-electron chi connectivity index (χ0n) is 41.6. The molecule has 0 bridgehead atoms. The zero-order valence-corrected chi connectivity index (χ0v) is 42.5. The number of hydrogen-bond acceptors (Lipinski definition) is 11. The molecule has 2 heterocycles. The maximum absolute atomic E-state index is 14.6. The molecule has 3 N–H and O–H groups in total. The van der Waals surface area contributed by atoms with Gasteiger partial charge in [-0.1, -0.05) is 91.6 Å². The van der Waals surface area contributed by atoms with Gasteiger partial charge >= 0.3 is 5.97 Å². The molecule has 10 atom stereocenters. The van der Waals surface area contributed by atoms with Gasteiger partial charge in [0.15, 0.2) is 0 Å². The monoisotopic (exact) mass is 959 g/mol. The Hall–Kier alpha value is -4.55. The van der Waals surface area contributed by atoms with Gasteiger partial charge in [-0.3, -0.25) is 38.5 Å². The van der Waals surface area contributed by atoms with Gasteiger partial charge in [0.25, 0.3) is 0 Å². The van der Waals surface area contributed by atoms with E-state index in [2.05, 4.69) is 23.3 Å². The van der Waals surface area contributed by atoms with Crippen molar-refractivity contribution in [3.63, 3.8) is 0 Å². The van der Waals surface area contributed by atoms with Crippen LogP contribution in [0.25, 0.3) is 0 Å². The van der Waals surface area contributed by atoms with Crippen molar-refractivity contribution in [1.29, 1.82) is 0 Å². The number of nitrogens with one attached hydrogen (secondary N) is 2. The first kappa shape index (κ1) is 56.8. The average molecular weight is 959 g/mol. The molecule has 67 heavy (non-hydrogen) atoms. The lowest BCUT2D eigenvalue weighted by atomic mass is 9.89. The smallest absolute Gasteiger partial charge is 0.326 e. The van der Waals surface area contributed by atoms with E-state index in [-0.39, 0.29) is 79.5 Å². The first-order chi connectivity index (χ1) is 31.6. The van der Waals surface area contributed by atoms with E-state index in [1.54, 1.807) is 55.1 Å². The van der Waals surface area contributed by atoms with E-state index in [9.17, 15) is 43.5 Å². The molecular weight excluding hydrogens is 881 g/mol. The fraction of sp³-hybridized carbons (Fsp3) is 0.714. The molecule has 2 aliphatic heterocycles. The van der Waals surface area contributed by atoms with Crippen molar-refractivity contribution in [3.05, 3.63) is 35.9 Å². The van der Waals surface area contributed by atoms with Gasteiger partial charge < -0.3 is 39.9 Å². The number of likely N-dealkylation sites (N-methyl/N-ethyl adjacent to an activating group) is 2. The number of imide groups is 1. The van der Waals surface area contributed by atoms with Crippen LogP contribution >= 0.6 is 12.6 Å². The quantitative estimate of drug-likeness (QED) is 0.0563. The minimum absolute atomic E-state index is 0.0829. The third kappa shape index (κ3) is 15.2. The van der Waals surface area contributed by atoms with E-state index in [1.807, 2.05) is 47.6 Å². The maximum Gasteiger partial charge on any atom is 0.326 e. The minimum atomic E-state index is -1.16. The van der Waals surface area contributed by atoms with E-state index in [0.717, 1.165) is 5.56 Å². The number of aliphatic carboxylic acids is 1. The molecule has 3 rings (SSSR count). The predicted octanol–water partition coefficient (Wildman–Crippen LogP) is 3.96. The van der Waals surface area contributed by atoms with Gasteiger partial charge in [-0.05, 0) is 49.0 Å². The molecule has 1 aromatic carbocycles. The standard InChI is InChI=1S/C49H78N6O11S/c1-12-31(6)43(36(65-10)27-39(57)54-25-19-22-35(54)44(66-11)32(7)45(59)50-34(49(63)64)26-33-20-15-13-16-21-33)53(9)48(62)41(29(2)3)51-46(60)42(30(4)5)52(8)38(56)23-17-14-18-24-55-40(58)28-37(67)47(55)61/h13,15-16,20-21,29-32,34-37,41-44,67H,12,14,17-19,22-28H2,1-11H3,(H,50,59)(H,51,60)(H,63,64)/t31-,32+,34-,35-,36+,37?,41+,42-,43-,44+/m0/s1. The third-order valence-corrected chi connectivity index (χ3v) is 14.0. The lowest BCUT2D eigenvalue weighted by Gasteiger charge is -2.41. The van der Waals surface area contributed by atoms with Crippen LogP contribution in [0.2, 0.25) is 0 Å². The third-order valence-electron chi connectivity index (χ3n) is 13.6. The van der Waals surface area contributed by atoms with Gasteiger partial charge in [0.05, 0.1) is 41.9 Å². The van der Waals surface area contributed by atoms with Crippen LogP contribution < -0.4 is 10.6 Å². The van der Waals surface area contributed by atoms with E-state index in [1.165, 1.54) is 24.0 Å². The number of hydrogen-bond donors (Lipinski definition) is 4. The summed E-state index contributed by atoms with van der Waals surface area (Å²) in [5, 5.41) is 15.0. The average Bonchev–Trinajstić information content (AvgIpc) is 3.87. The summed E-state index contributed by atoms with van der Waals surface area (Å²) in [4.78, 5) is 112. The van der Waals surface area contributed by atoms with E-state index in [4.69, 9.17) is 9.47 Å². The molecule has 0 spiro atoms. The van der Waals surface area contributed by atoms with Gasteiger partial charge in [0, 0.05) is 60.7 Å². The maximum atomic E-state index is 14.6. The molecule has 1 unspecified atom stereocenters. The highest BCUT2D eigenvalue weighted by Gasteiger charge is 2.44. The van der Waals surface area contributed by atoms with Crippen molar-refractivity contribution in [1.82, 2.24) is 30.2 Å². The Morgan fingerprint density at radius 3 is 2.07 bits per heavy atom. The molecule has 2 fully saturated rings. The number of ether oxygens (including phenoxy) is 2. The Morgan fingerprint density at radius 2 is 1.54 bits per heavy atom. The fourth-order valence-electron chi connectivity index (χ4n) is 9.51. The number of carboxylic acid groups (broad SMARTS) is 1. The normalized spacial score (nSPS) is 19.9. The molecule has 18 heteroatoms. The van der Waals surface area contributed by atoms with Gasteiger partial charge in [-0.25, -0.2) is 4.79 Å². The Kier molecular flexibility index (Phi) is 22.8. The molecule has 17 nitrogen and oxygen atoms in total. The number of carbonyl (C=O) groups is 8. The number of methoxy groups -OCH3 is 2. The first-order valence-corrected chi connectivity index (χ1v) is 24.4. The van der Waals surface area contributed by atoms with Gasteiger partial charge in [-0.15, -0.1) is 0 Å². The summed E-state index contributed by atoms with van der Waals surface area (Å²) < 4.78 is 11.9. The lowest BCUT2D eigenvalue weighted by Crippen LogP contribution is -2.60. The van der Waals surface area contributed by atoms with Crippen LogP contribution in [0.15, 0.2) is 30.3 Å². The van der Waals surface area contributed by atoms with E-state index in [0.29, 0.717) is 45.1 Å². The van der Waals surface area contributed by atoms with Crippen LogP contribution in [-0.2, 0) is 54.3 Å². The fourth-order valence-corrected chi connectivity index (χ4v) is 9.81. The Balaban J connectivity index is 1.71. The lowest BCUT2D eigenvalue weighted by molar-refractivity contribution is -0.149. The van der Waals surface area contributed by atoms with Gasteiger partial charge in [0.2, 0.25) is 41.4 Å². The van der Waals surface area contributed by atoms with Crippen LogP contribution in [-0.4, -0.2) is 161 Å². The number of unbranched alkanes of at least 4 members (excludes halogenated alkanes) is 2. The first-order valence-electron chi connectivity index (χ1n) is 23.9. The summed E-state index contributed by atoms with van der Waals surface area (Å²) in [5.74, 6) is -5.10. The summed E-state index contributed by atoms with van der Waals surface area (Å²) in [6.45, 7) is 13.7. The molecule has 2 aliphatic rings. The summed E-state index contributed by atoms with van der Waals surface area (Å²) >= 11 is 4.16. The topological polar surface area (TPSA) is 212 Å². The second-order valence-corrected chi connectivity index (χ2v) is 19.6. The summed E-state index contributed by atoms with van der Waals surface area (Å²) in [5.41, 5.74) is 0.762. The van der Waals surface area contributed by atoms with Gasteiger partial charge in [-0.2, -0.15) is 12.6 Å². The van der Waals surface area contributed by atoms with E-state index >= 15 is 0 Å². The number of rotatable bonds is 27. The predicted molar refractivity (Wildman–Crippen MR) is 257 cm³/mol. The molecule has 0 radical (unpaired) electrons. The number of nitrogens with zero attached hydrogens (tertiary/aromatic N) is 4. The Labute approximate surface area is 403 Å². The summed E-state index contributed by atoms with van der Waals surface area (Å²) in [6.07, 6.45) is 2.31. The number of thiol groups is 1. The Bertz CT molecular complexity index is 1850. The van der Waals surface area contributed by atoms with Crippen LogP contribution in [0.4, 0.5) is 0 Å². The molecule has 0 aromatic heterocycles. The SMILES string of the molecule is CC[C@H](C)[C@@H]([C@@H](CC(=O)N1CCC[C@H]1[C@H](OC)[C@@H](C)C(=O)N[C@@H](Cc1ccccc1)C(=O)O)OC)N(C)C(=O)[C@H](NC(=O)[C@H](C(C)C)N(C)C(=O)CCCCCN1C(=O)CC(S)C1=O)C(C)C. The highest BCUT2D eigenvalue weighted by Crippen LogP contribution is 2.30. The Morgan fingerprint density at radius 1 is 0.881 bits per heavy atom. The molecule has 7 amide bonds. The minimum Gasteiger partial charge on any atom is -0.480 e. The summed E-state index contributed by atoms with van der Waals surface area (Å²) in [6, 6.07) is 4.96. The van der Waals surface area contributed by atoms with Crippen molar-refractivity contribution >= 4 is 59.9 Å². The second-order valence-electron chi connectivity index (χ2n) is 19.0. The number of likely N-dealkylation sites (tertiary alicyclic amines) is 2. The van der Waals surface area contributed by atoms with Crippen LogP contribution in [0, 0.1) is 23.7 Å². The highest BCUT2D eigenvalue weighted by molar-refractivity contribution is 7.81. The molecule has 0 saturated carbocycles. The number of benzene rings is 1.